The van der Waals surface area contributed by atoms with Gasteiger partial charge >= 0.3 is 0 Å². The Kier molecular flexibility index (Phi) is 5.30. The van der Waals surface area contributed by atoms with Gasteiger partial charge in [0.1, 0.15) is 11.6 Å². The predicted molar refractivity (Wildman–Crippen MR) is 109 cm³/mol. The maximum absolute atomic E-state index is 12.7. The van der Waals surface area contributed by atoms with Gasteiger partial charge in [0, 0.05) is 37.7 Å². The Balaban J connectivity index is 1.62. The van der Waals surface area contributed by atoms with Crippen molar-refractivity contribution in [2.45, 2.75) is 25.8 Å². The van der Waals surface area contributed by atoms with Crippen molar-refractivity contribution in [1.29, 1.82) is 0 Å². The molecule has 1 unspecified atom stereocenters. The lowest BCUT2D eigenvalue weighted by atomic mass is 10.1. The summed E-state index contributed by atoms with van der Waals surface area (Å²) < 4.78 is 13.0. The maximum atomic E-state index is 12.7. The average molecular weight is 379 g/mol. The van der Waals surface area contributed by atoms with Crippen molar-refractivity contribution in [3.8, 4) is 5.75 Å². The molecule has 6 nitrogen and oxygen atoms in total. The first-order valence-electron chi connectivity index (χ1n) is 9.68. The van der Waals surface area contributed by atoms with E-state index < -0.39 is 0 Å². The zero-order valence-electron chi connectivity index (χ0n) is 16.3. The van der Waals surface area contributed by atoms with E-state index in [9.17, 15) is 4.79 Å². The van der Waals surface area contributed by atoms with Crippen LogP contribution in [0.2, 0.25) is 0 Å². The fraction of sp³-hybridized carbons (Fsp3) is 0.364. The number of anilines is 1. The molecule has 0 bridgehead atoms. The van der Waals surface area contributed by atoms with Crippen LogP contribution in [-0.4, -0.2) is 42.3 Å². The van der Waals surface area contributed by atoms with E-state index in [0.29, 0.717) is 26.2 Å². The van der Waals surface area contributed by atoms with Crippen LogP contribution in [0.15, 0.2) is 48.5 Å². The lowest BCUT2D eigenvalue weighted by Gasteiger charge is -2.18. The Labute approximate surface area is 164 Å². The lowest BCUT2D eigenvalue weighted by molar-refractivity contribution is -0.117. The van der Waals surface area contributed by atoms with E-state index in [0.717, 1.165) is 34.8 Å². The van der Waals surface area contributed by atoms with Gasteiger partial charge in [-0.15, -0.1) is 0 Å². The van der Waals surface area contributed by atoms with Crippen LogP contribution in [0.25, 0.3) is 11.0 Å². The molecule has 146 valence electrons. The minimum Gasteiger partial charge on any atom is -0.497 e. The molecular weight excluding hydrogens is 354 g/mol. The zero-order chi connectivity index (χ0) is 19.5. The van der Waals surface area contributed by atoms with Crippen LogP contribution in [0, 0.1) is 0 Å². The van der Waals surface area contributed by atoms with Gasteiger partial charge in [0.15, 0.2) is 0 Å². The summed E-state index contributed by atoms with van der Waals surface area (Å²) in [6, 6.07) is 15.7. The number of hydrogen-bond acceptors (Lipinski definition) is 4. The van der Waals surface area contributed by atoms with Gasteiger partial charge in [0.2, 0.25) is 5.91 Å². The summed E-state index contributed by atoms with van der Waals surface area (Å²) in [5.74, 6) is 1.93. The molecule has 1 aliphatic heterocycles. The summed E-state index contributed by atoms with van der Waals surface area (Å²) >= 11 is 0. The monoisotopic (exact) mass is 379 g/mol. The number of rotatable bonds is 7. The number of amides is 1. The Morgan fingerprint density at radius 3 is 2.68 bits per heavy atom. The number of imidazole rings is 1. The summed E-state index contributed by atoms with van der Waals surface area (Å²) in [6.07, 6.45) is 0.462. The van der Waals surface area contributed by atoms with Crippen molar-refractivity contribution in [3.05, 3.63) is 54.4 Å². The number of carbonyl (C=O) groups excluding carboxylic acids is 1. The summed E-state index contributed by atoms with van der Waals surface area (Å²) in [5, 5.41) is 0. The van der Waals surface area contributed by atoms with Gasteiger partial charge in [-0.3, -0.25) is 4.79 Å². The van der Waals surface area contributed by atoms with E-state index in [4.69, 9.17) is 14.5 Å². The summed E-state index contributed by atoms with van der Waals surface area (Å²) in [5.41, 5.74) is 2.95. The molecule has 2 aromatic carbocycles. The van der Waals surface area contributed by atoms with Crippen LogP contribution in [0.4, 0.5) is 5.69 Å². The molecular formula is C22H25N3O3. The predicted octanol–water partition coefficient (Wildman–Crippen LogP) is 3.60. The quantitative estimate of drug-likeness (QED) is 0.589. The summed E-state index contributed by atoms with van der Waals surface area (Å²) in [4.78, 5) is 19.4. The molecule has 1 amide bonds. The second kappa shape index (κ2) is 8.02. The minimum atomic E-state index is 0.0589. The maximum Gasteiger partial charge on any atom is 0.227 e. The van der Waals surface area contributed by atoms with Crippen LogP contribution >= 0.6 is 0 Å². The molecule has 1 aliphatic rings. The molecule has 6 heteroatoms. The van der Waals surface area contributed by atoms with Crippen molar-refractivity contribution in [2.75, 3.05) is 31.8 Å². The smallest absolute Gasteiger partial charge is 0.227 e. The second-order valence-electron chi connectivity index (χ2n) is 6.91. The van der Waals surface area contributed by atoms with Gasteiger partial charge in [-0.2, -0.15) is 0 Å². The molecule has 1 atom stereocenters. The molecule has 4 rings (SSSR count). The number of hydrogen-bond donors (Lipinski definition) is 0. The van der Waals surface area contributed by atoms with Crippen molar-refractivity contribution in [3.63, 3.8) is 0 Å². The first-order chi connectivity index (χ1) is 13.7. The number of nitrogens with zero attached hydrogens (tertiary/aromatic N) is 3. The molecule has 0 N–H and O–H groups in total. The molecule has 1 fully saturated rings. The van der Waals surface area contributed by atoms with E-state index in [1.54, 1.807) is 7.11 Å². The highest BCUT2D eigenvalue weighted by molar-refractivity contribution is 5.96. The van der Waals surface area contributed by atoms with Gasteiger partial charge < -0.3 is 18.9 Å². The first kappa shape index (κ1) is 18.5. The standard InChI is InChI=1S/C22H25N3O3/c1-3-28-13-12-24-20-7-5-4-6-19(20)23-22(24)16-14-21(26)25(15-16)17-8-10-18(27-2)11-9-17/h4-11,16H,3,12-15H2,1-2H3. The van der Waals surface area contributed by atoms with E-state index in [2.05, 4.69) is 10.6 Å². The Bertz CT molecular complexity index is 965. The number of ether oxygens (including phenoxy) is 2. The SMILES string of the molecule is CCOCCn1c(C2CC(=O)N(c3ccc(OC)cc3)C2)nc2ccccc21. The molecule has 2 heterocycles. The van der Waals surface area contributed by atoms with Gasteiger partial charge in [0.05, 0.1) is 24.8 Å². The van der Waals surface area contributed by atoms with Gasteiger partial charge in [-0.1, -0.05) is 12.1 Å². The van der Waals surface area contributed by atoms with E-state index in [1.807, 2.05) is 54.3 Å². The number of fused-ring (bicyclic) bond motifs is 1. The molecule has 1 saturated heterocycles. The summed E-state index contributed by atoms with van der Waals surface area (Å²) in [7, 11) is 1.64. The van der Waals surface area contributed by atoms with Crippen molar-refractivity contribution < 1.29 is 14.3 Å². The highest BCUT2D eigenvalue weighted by atomic mass is 16.5. The number of methoxy groups -OCH3 is 1. The third-order valence-electron chi connectivity index (χ3n) is 5.22. The minimum absolute atomic E-state index is 0.0589. The second-order valence-corrected chi connectivity index (χ2v) is 6.91. The fourth-order valence-electron chi connectivity index (χ4n) is 3.83. The molecule has 0 saturated carbocycles. The van der Waals surface area contributed by atoms with Crippen LogP contribution in [-0.2, 0) is 16.1 Å². The van der Waals surface area contributed by atoms with E-state index in [1.165, 1.54) is 0 Å². The molecule has 0 aliphatic carbocycles. The van der Waals surface area contributed by atoms with Crippen LogP contribution < -0.4 is 9.64 Å². The van der Waals surface area contributed by atoms with Crippen molar-refractivity contribution >= 4 is 22.6 Å². The number of benzene rings is 2. The third-order valence-corrected chi connectivity index (χ3v) is 5.22. The highest BCUT2D eigenvalue weighted by Crippen LogP contribution is 2.33. The number of aromatic nitrogens is 2. The van der Waals surface area contributed by atoms with Crippen LogP contribution in [0.3, 0.4) is 0 Å². The largest absolute Gasteiger partial charge is 0.497 e. The Morgan fingerprint density at radius 1 is 1.14 bits per heavy atom. The lowest BCUT2D eigenvalue weighted by Crippen LogP contribution is -2.24. The Hall–Kier alpha value is -2.86. The molecule has 3 aromatic rings. The molecule has 28 heavy (non-hydrogen) atoms. The molecule has 1 aromatic heterocycles. The van der Waals surface area contributed by atoms with E-state index in [-0.39, 0.29) is 11.8 Å². The van der Waals surface area contributed by atoms with E-state index >= 15 is 0 Å². The summed E-state index contributed by atoms with van der Waals surface area (Å²) in [6.45, 7) is 4.68. The van der Waals surface area contributed by atoms with Gasteiger partial charge in [0.25, 0.3) is 0 Å². The van der Waals surface area contributed by atoms with Gasteiger partial charge in [-0.25, -0.2) is 4.98 Å². The zero-order valence-corrected chi connectivity index (χ0v) is 16.3. The fourth-order valence-corrected chi connectivity index (χ4v) is 3.83. The number of para-hydroxylation sites is 2. The van der Waals surface area contributed by atoms with Gasteiger partial charge in [-0.05, 0) is 43.3 Å². The van der Waals surface area contributed by atoms with Crippen LogP contribution in [0.1, 0.15) is 25.1 Å². The molecule has 0 spiro atoms. The third kappa shape index (κ3) is 3.47. The highest BCUT2D eigenvalue weighted by Gasteiger charge is 2.34. The first-order valence-corrected chi connectivity index (χ1v) is 9.68. The Morgan fingerprint density at radius 2 is 1.93 bits per heavy atom. The van der Waals surface area contributed by atoms with Crippen LogP contribution in [0.5, 0.6) is 5.75 Å². The topological polar surface area (TPSA) is 56.6 Å². The number of carbonyl (C=O) groups is 1. The molecule has 0 radical (unpaired) electrons. The van der Waals surface area contributed by atoms with Crippen molar-refractivity contribution in [1.82, 2.24) is 9.55 Å². The van der Waals surface area contributed by atoms with Crippen molar-refractivity contribution in [2.24, 2.45) is 0 Å². The average Bonchev–Trinajstić information content (AvgIpc) is 3.29. The normalized spacial score (nSPS) is 16.9.